The first-order valence-corrected chi connectivity index (χ1v) is 17.3. The molecule has 6 aromatic rings. The molecule has 1 N–H and O–H groups in total. The second-order valence-electron chi connectivity index (χ2n) is 12.5. The molecule has 3 aromatic heterocycles. The number of benzene rings is 3. The number of fused-ring (bicyclic) bond motifs is 6. The van der Waals surface area contributed by atoms with Gasteiger partial charge in [0.05, 0.1) is 11.5 Å². The van der Waals surface area contributed by atoms with Crippen LogP contribution < -0.4 is 0 Å². The number of aliphatic hydroxyl groups is 1. The Balaban J connectivity index is 0.000000252. The zero-order valence-corrected chi connectivity index (χ0v) is 31.0. The van der Waals surface area contributed by atoms with E-state index in [-0.39, 0.29) is 43.5 Å². The summed E-state index contributed by atoms with van der Waals surface area (Å²) in [6.45, 7) is 8.07. The first-order chi connectivity index (χ1) is 23.5. The predicted octanol–water partition coefficient (Wildman–Crippen LogP) is 11.1. The molecule has 7 rings (SSSR count). The zero-order chi connectivity index (χ0) is 33.6. The molecule has 1 aliphatic carbocycles. The standard InChI is InChI=1S/C30H19N2O.C13H24O2.Ir/c1-2-7-19(8-3-1)24-18-22(17-21-9-4-5-11-23(21)24)30-28-26(14-16-32-30)33-25-13-12-20-10-6-15-31-29(20)27(25)28;1-5-10(6-2)12(14)9-13(15)11(7-3)8-4;/h1-11,14-16,18H,12-13H2;9-11,14H,5-8H2,1-4H3;/q-1;;/b;12-9-;. The average molecular weight is 828 g/mol. The first-order valence-electron chi connectivity index (χ1n) is 17.3. The van der Waals surface area contributed by atoms with Crippen molar-refractivity contribution in [3.63, 3.8) is 0 Å². The molecule has 253 valence electrons. The van der Waals surface area contributed by atoms with Crippen molar-refractivity contribution in [3.8, 4) is 33.6 Å². The smallest absolute Gasteiger partial charge is 0.162 e. The third-order valence-electron chi connectivity index (χ3n) is 9.62. The van der Waals surface area contributed by atoms with E-state index < -0.39 is 0 Å². The number of carbonyl (C=O) groups is 1. The van der Waals surface area contributed by atoms with Gasteiger partial charge in [0.1, 0.15) is 11.3 Å². The number of furan rings is 1. The van der Waals surface area contributed by atoms with Gasteiger partial charge in [-0.05, 0) is 55.4 Å². The second kappa shape index (κ2) is 16.3. The van der Waals surface area contributed by atoms with Crippen molar-refractivity contribution in [2.75, 3.05) is 0 Å². The third kappa shape index (κ3) is 7.46. The van der Waals surface area contributed by atoms with Gasteiger partial charge in [-0.1, -0.05) is 98.8 Å². The van der Waals surface area contributed by atoms with Gasteiger partial charge in [-0.2, -0.15) is 0 Å². The van der Waals surface area contributed by atoms with Gasteiger partial charge in [-0.3, -0.25) is 14.8 Å². The van der Waals surface area contributed by atoms with Crippen LogP contribution in [0, 0.1) is 17.9 Å². The number of rotatable bonds is 9. The Morgan fingerprint density at radius 2 is 1.53 bits per heavy atom. The molecule has 1 radical (unpaired) electrons. The van der Waals surface area contributed by atoms with Crippen LogP contribution in [0.4, 0.5) is 0 Å². The van der Waals surface area contributed by atoms with Crippen LogP contribution in [0.2, 0.25) is 0 Å². The van der Waals surface area contributed by atoms with Crippen molar-refractivity contribution in [3.05, 3.63) is 120 Å². The molecular weight excluding hydrogens is 785 g/mol. The number of pyridine rings is 2. The first kappa shape index (κ1) is 35.9. The van der Waals surface area contributed by atoms with Crippen LogP contribution in [-0.2, 0) is 37.7 Å². The summed E-state index contributed by atoms with van der Waals surface area (Å²) in [6.07, 6.45) is 10.4. The van der Waals surface area contributed by atoms with Crippen LogP contribution in [-0.4, -0.2) is 20.9 Å². The van der Waals surface area contributed by atoms with Gasteiger partial charge in [-0.15, -0.1) is 23.6 Å². The molecule has 49 heavy (non-hydrogen) atoms. The molecule has 0 fully saturated rings. The number of aliphatic hydroxyl groups excluding tert-OH is 1. The average Bonchev–Trinajstić information content (AvgIpc) is 3.52. The van der Waals surface area contributed by atoms with Crippen molar-refractivity contribution in [1.29, 1.82) is 0 Å². The van der Waals surface area contributed by atoms with Crippen molar-refractivity contribution in [2.24, 2.45) is 11.8 Å². The fourth-order valence-electron chi connectivity index (χ4n) is 6.83. The Morgan fingerprint density at radius 3 is 2.27 bits per heavy atom. The van der Waals surface area contributed by atoms with E-state index in [0.29, 0.717) is 0 Å². The molecule has 0 atom stereocenters. The zero-order valence-electron chi connectivity index (χ0n) is 28.6. The van der Waals surface area contributed by atoms with E-state index in [0.717, 1.165) is 83.2 Å². The summed E-state index contributed by atoms with van der Waals surface area (Å²) in [5.74, 6) is 1.54. The number of aromatic nitrogens is 2. The molecule has 0 amide bonds. The Morgan fingerprint density at radius 1 is 0.837 bits per heavy atom. The quantitative estimate of drug-likeness (QED) is 0.0892. The summed E-state index contributed by atoms with van der Waals surface area (Å²) < 4.78 is 6.32. The number of nitrogens with zero attached hydrogens (tertiary/aromatic N) is 2. The Hall–Kier alpha value is -4.38. The van der Waals surface area contributed by atoms with E-state index in [2.05, 4.69) is 66.7 Å². The molecule has 5 nitrogen and oxygen atoms in total. The number of allylic oxidation sites excluding steroid dienone is 2. The van der Waals surface area contributed by atoms with Crippen molar-refractivity contribution in [2.45, 2.75) is 66.2 Å². The van der Waals surface area contributed by atoms with Crippen molar-refractivity contribution >= 4 is 27.5 Å². The molecule has 0 aliphatic heterocycles. The summed E-state index contributed by atoms with van der Waals surface area (Å²) in [4.78, 5) is 21.3. The number of aryl methyl sites for hydroxylation is 2. The fourth-order valence-corrected chi connectivity index (χ4v) is 6.83. The maximum Gasteiger partial charge on any atom is 0.162 e. The minimum absolute atomic E-state index is 0. The van der Waals surface area contributed by atoms with Gasteiger partial charge in [0.2, 0.25) is 0 Å². The summed E-state index contributed by atoms with van der Waals surface area (Å²) >= 11 is 0. The summed E-state index contributed by atoms with van der Waals surface area (Å²) in [6, 6.07) is 30.9. The van der Waals surface area contributed by atoms with Gasteiger partial charge < -0.3 is 9.52 Å². The third-order valence-corrected chi connectivity index (χ3v) is 9.62. The maximum absolute atomic E-state index is 11.7. The van der Waals surface area contributed by atoms with E-state index in [1.54, 1.807) is 0 Å². The van der Waals surface area contributed by atoms with E-state index in [4.69, 9.17) is 14.4 Å². The van der Waals surface area contributed by atoms with E-state index >= 15 is 0 Å². The molecule has 0 spiro atoms. The second-order valence-corrected chi connectivity index (χ2v) is 12.5. The van der Waals surface area contributed by atoms with Gasteiger partial charge in [0, 0.05) is 73.5 Å². The van der Waals surface area contributed by atoms with Crippen LogP contribution in [0.5, 0.6) is 0 Å². The molecule has 0 saturated heterocycles. The topological polar surface area (TPSA) is 76.2 Å². The number of hydrogen-bond donors (Lipinski definition) is 1. The minimum atomic E-state index is 0. The Kier molecular flexibility index (Phi) is 12.0. The molecule has 0 saturated carbocycles. The van der Waals surface area contributed by atoms with E-state index in [1.807, 2.05) is 58.3 Å². The summed E-state index contributed by atoms with van der Waals surface area (Å²) in [5.41, 5.74) is 8.41. The molecule has 6 heteroatoms. The number of hydrogen-bond acceptors (Lipinski definition) is 5. The van der Waals surface area contributed by atoms with Gasteiger partial charge >= 0.3 is 0 Å². The summed E-state index contributed by atoms with van der Waals surface area (Å²) in [5, 5.41) is 13.0. The van der Waals surface area contributed by atoms with Crippen LogP contribution >= 0.6 is 0 Å². The van der Waals surface area contributed by atoms with Crippen molar-refractivity contribution in [1.82, 2.24) is 9.97 Å². The van der Waals surface area contributed by atoms with Crippen LogP contribution in [0.3, 0.4) is 0 Å². The van der Waals surface area contributed by atoms with Crippen molar-refractivity contribution < 1.29 is 34.4 Å². The molecule has 1 aliphatic rings. The van der Waals surface area contributed by atoms with Gasteiger partial charge in [0.25, 0.3) is 0 Å². The molecule has 0 unspecified atom stereocenters. The predicted molar refractivity (Wildman–Crippen MR) is 196 cm³/mol. The minimum Gasteiger partial charge on any atom is -0.512 e. The van der Waals surface area contributed by atoms with Crippen LogP contribution in [0.25, 0.3) is 55.4 Å². The molecule has 3 aromatic carbocycles. The maximum atomic E-state index is 11.7. The SMILES string of the molecule is CCC(CC)C(=O)/C=C(\O)C(CC)CC.[Ir].[c-]1c(-c2nccc3oc4c(c23)-c2ncccc2CC4)cc(-c2ccccc2)c2ccccc12. The molecule has 3 heterocycles. The Labute approximate surface area is 302 Å². The van der Waals surface area contributed by atoms with E-state index in [1.165, 1.54) is 28.2 Å². The van der Waals surface area contributed by atoms with E-state index in [9.17, 15) is 9.90 Å². The molecule has 0 bridgehead atoms. The monoisotopic (exact) mass is 828 g/mol. The normalized spacial score (nSPS) is 12.3. The van der Waals surface area contributed by atoms with Crippen LogP contribution in [0.15, 0.2) is 108 Å². The van der Waals surface area contributed by atoms with Gasteiger partial charge in [-0.25, -0.2) is 0 Å². The number of carbonyl (C=O) groups excluding carboxylic acids is 1. The number of ketones is 1. The van der Waals surface area contributed by atoms with Gasteiger partial charge in [0.15, 0.2) is 5.78 Å². The summed E-state index contributed by atoms with van der Waals surface area (Å²) in [7, 11) is 0. The van der Waals surface area contributed by atoms with Crippen LogP contribution in [0.1, 0.15) is 64.7 Å². The Bertz CT molecular complexity index is 2070. The fraction of sp³-hybridized carbons (Fsp3) is 0.279. The largest absolute Gasteiger partial charge is 0.512 e. The molecular formula is C43H43IrN2O3-.